The number of hydrogen-bond donors (Lipinski definition) is 0. The second-order valence-corrected chi connectivity index (χ2v) is 17.1. The third-order valence-corrected chi connectivity index (χ3v) is 13.5. The van der Waals surface area contributed by atoms with Crippen LogP contribution in [-0.4, -0.2) is 24.1 Å². The molecule has 0 fully saturated rings. The van der Waals surface area contributed by atoms with Crippen molar-refractivity contribution >= 4 is 75.1 Å². The summed E-state index contributed by atoms with van der Waals surface area (Å²) in [6, 6.07) is 75.7. The van der Waals surface area contributed by atoms with Gasteiger partial charge in [0.1, 0.15) is 0 Å². The van der Waals surface area contributed by atoms with Gasteiger partial charge < -0.3 is 9.13 Å². The number of fused-ring (bicyclic) bond motifs is 10. The quantitative estimate of drug-likeness (QED) is 0.168. The molecule has 63 heavy (non-hydrogen) atoms. The summed E-state index contributed by atoms with van der Waals surface area (Å²) in [6.45, 7) is 0. The van der Waals surface area contributed by atoms with Gasteiger partial charge in [0.25, 0.3) is 0 Å². The maximum Gasteiger partial charge on any atom is 0.164 e. The predicted molar refractivity (Wildman–Crippen MR) is 263 cm³/mol. The third-order valence-electron chi connectivity index (χ3n) is 12.4. The molecule has 0 atom stereocenters. The van der Waals surface area contributed by atoms with Gasteiger partial charge in [-0.25, -0.2) is 15.0 Å². The Balaban J connectivity index is 1.07. The first-order valence-electron chi connectivity index (χ1n) is 21.2. The fourth-order valence-electron chi connectivity index (χ4n) is 9.55. The van der Waals surface area contributed by atoms with Crippen molar-refractivity contribution in [1.29, 1.82) is 0 Å². The summed E-state index contributed by atoms with van der Waals surface area (Å²) in [6.07, 6.45) is 0. The van der Waals surface area contributed by atoms with Crippen LogP contribution in [0, 0.1) is 0 Å². The molecule has 0 spiro atoms. The van der Waals surface area contributed by atoms with Crippen LogP contribution in [0.3, 0.4) is 0 Å². The predicted octanol–water partition coefficient (Wildman–Crippen LogP) is 15.1. The van der Waals surface area contributed by atoms with E-state index >= 15 is 0 Å². The lowest BCUT2D eigenvalue weighted by molar-refractivity contribution is 1.07. The normalized spacial score (nSPS) is 11.8. The van der Waals surface area contributed by atoms with E-state index in [1.54, 1.807) is 0 Å². The van der Waals surface area contributed by atoms with Gasteiger partial charge in [-0.3, -0.25) is 0 Å². The zero-order chi connectivity index (χ0) is 41.4. The van der Waals surface area contributed by atoms with Crippen LogP contribution < -0.4 is 0 Å². The molecular formula is C57H35N5S. The van der Waals surface area contributed by atoms with E-state index in [0.717, 1.165) is 28.1 Å². The van der Waals surface area contributed by atoms with Crippen LogP contribution in [0.25, 0.3) is 120 Å². The number of aromatic nitrogens is 5. The molecule has 5 nitrogen and oxygen atoms in total. The highest BCUT2D eigenvalue weighted by Gasteiger charge is 2.23. The van der Waals surface area contributed by atoms with E-state index in [-0.39, 0.29) is 0 Å². The Kier molecular flexibility index (Phi) is 8.01. The van der Waals surface area contributed by atoms with Gasteiger partial charge in [-0.05, 0) is 59.7 Å². The Bertz CT molecular complexity index is 3830. The largest absolute Gasteiger partial charge is 0.307 e. The summed E-state index contributed by atoms with van der Waals surface area (Å²) < 4.78 is 7.38. The van der Waals surface area contributed by atoms with Crippen molar-refractivity contribution in [3.8, 4) is 56.7 Å². The van der Waals surface area contributed by atoms with E-state index in [2.05, 4.69) is 185 Å². The van der Waals surface area contributed by atoms with Gasteiger partial charge in [-0.1, -0.05) is 164 Å². The number of benzene rings is 9. The van der Waals surface area contributed by atoms with Gasteiger partial charge in [0.05, 0.1) is 27.8 Å². The lowest BCUT2D eigenvalue weighted by atomic mass is 10.0. The molecule has 294 valence electrons. The van der Waals surface area contributed by atoms with Crippen molar-refractivity contribution in [2.45, 2.75) is 0 Å². The van der Waals surface area contributed by atoms with Crippen LogP contribution in [0.5, 0.6) is 0 Å². The molecule has 0 saturated carbocycles. The molecule has 0 unspecified atom stereocenters. The molecule has 6 heteroatoms. The molecule has 13 rings (SSSR count). The van der Waals surface area contributed by atoms with Crippen molar-refractivity contribution in [2.24, 2.45) is 0 Å². The van der Waals surface area contributed by atoms with Crippen molar-refractivity contribution in [3.63, 3.8) is 0 Å². The molecule has 0 aliphatic heterocycles. The number of thiophene rings is 1. The molecule has 0 aliphatic rings. The molecule has 0 radical (unpaired) electrons. The first-order valence-corrected chi connectivity index (χ1v) is 22.0. The third kappa shape index (κ3) is 5.66. The first-order chi connectivity index (χ1) is 31.2. The lowest BCUT2D eigenvalue weighted by Gasteiger charge is -2.14. The van der Waals surface area contributed by atoms with E-state index in [0.29, 0.717) is 17.5 Å². The Labute approximate surface area is 366 Å². The second kappa shape index (κ2) is 14.2. The number of rotatable bonds is 6. The molecule has 9 aromatic carbocycles. The Morgan fingerprint density at radius 2 is 0.889 bits per heavy atom. The van der Waals surface area contributed by atoms with E-state index in [4.69, 9.17) is 15.0 Å². The topological polar surface area (TPSA) is 48.5 Å². The smallest absolute Gasteiger partial charge is 0.164 e. The minimum Gasteiger partial charge on any atom is -0.307 e. The number of nitrogens with zero attached hydrogens (tertiary/aromatic N) is 5. The highest BCUT2D eigenvalue weighted by atomic mass is 32.1. The fourth-order valence-corrected chi connectivity index (χ4v) is 10.7. The summed E-state index contributed by atoms with van der Waals surface area (Å²) in [4.78, 5) is 15.1. The summed E-state index contributed by atoms with van der Waals surface area (Å²) >= 11 is 1.82. The minimum absolute atomic E-state index is 0.652. The molecule has 0 N–H and O–H groups in total. The Hall–Kier alpha value is -8.19. The van der Waals surface area contributed by atoms with Gasteiger partial charge >= 0.3 is 0 Å². The van der Waals surface area contributed by atoms with Crippen molar-refractivity contribution in [3.05, 3.63) is 212 Å². The zero-order valence-corrected chi connectivity index (χ0v) is 34.7. The Morgan fingerprint density at radius 3 is 1.60 bits per heavy atom. The highest BCUT2D eigenvalue weighted by Crippen LogP contribution is 2.46. The second-order valence-electron chi connectivity index (χ2n) is 16.0. The highest BCUT2D eigenvalue weighted by molar-refractivity contribution is 7.26. The van der Waals surface area contributed by atoms with Gasteiger partial charge in [-0.2, -0.15) is 0 Å². The van der Waals surface area contributed by atoms with Gasteiger partial charge in [0, 0.05) is 64.1 Å². The van der Waals surface area contributed by atoms with Crippen LogP contribution >= 0.6 is 11.3 Å². The SMILES string of the molecule is c1ccc(-c2ccc3c4ccccc4n(-c4cccc5c6c7c(ccc6n(-c6ccccc6)c45)sc4cc(-c5nc(-c6ccccc6)nc(-c6ccccc6)n5)ccc47)c3c2)cc1. The van der Waals surface area contributed by atoms with E-state index < -0.39 is 0 Å². The molecular weight excluding hydrogens is 787 g/mol. The monoisotopic (exact) mass is 821 g/mol. The van der Waals surface area contributed by atoms with Crippen molar-refractivity contribution in [1.82, 2.24) is 24.1 Å². The average molecular weight is 822 g/mol. The van der Waals surface area contributed by atoms with Crippen LogP contribution in [0.15, 0.2) is 212 Å². The maximum atomic E-state index is 5.06. The van der Waals surface area contributed by atoms with Crippen LogP contribution in [0.2, 0.25) is 0 Å². The molecule has 4 aromatic heterocycles. The fraction of sp³-hybridized carbons (Fsp3) is 0. The standard InChI is InChI=1S/C57H35N5S/c1-5-16-36(17-6-1)39-28-30-43-42-24-13-14-26-46(42)62(49(43)34-39)48-27-15-25-45-52-47(61(54(45)48)41-22-11-4-12-23-41)32-33-50-53(52)44-31-29-40(35-51(44)63-50)57-59-55(37-18-7-2-8-19-37)58-56(60-57)38-20-9-3-10-21-38/h1-35H. The van der Waals surface area contributed by atoms with E-state index in [1.807, 2.05) is 47.7 Å². The first kappa shape index (κ1) is 35.6. The van der Waals surface area contributed by atoms with Crippen LogP contribution in [0.1, 0.15) is 0 Å². The van der Waals surface area contributed by atoms with E-state index in [1.165, 1.54) is 74.9 Å². The minimum atomic E-state index is 0.652. The molecule has 13 aromatic rings. The van der Waals surface area contributed by atoms with Gasteiger partial charge in [0.15, 0.2) is 17.5 Å². The molecule has 4 heterocycles. The van der Waals surface area contributed by atoms with Crippen molar-refractivity contribution < 1.29 is 0 Å². The summed E-state index contributed by atoms with van der Waals surface area (Å²) in [7, 11) is 0. The van der Waals surface area contributed by atoms with E-state index in [9.17, 15) is 0 Å². The maximum absolute atomic E-state index is 5.06. The van der Waals surface area contributed by atoms with Crippen LogP contribution in [0.4, 0.5) is 0 Å². The van der Waals surface area contributed by atoms with Gasteiger partial charge in [-0.15, -0.1) is 11.3 Å². The van der Waals surface area contributed by atoms with Gasteiger partial charge in [0.2, 0.25) is 0 Å². The Morgan fingerprint density at radius 1 is 0.317 bits per heavy atom. The average Bonchev–Trinajstić information content (AvgIpc) is 4.02. The molecule has 0 saturated heterocycles. The zero-order valence-electron chi connectivity index (χ0n) is 33.9. The summed E-state index contributed by atoms with van der Waals surface area (Å²) in [5, 5.41) is 7.40. The lowest BCUT2D eigenvalue weighted by Crippen LogP contribution is -2.00. The molecule has 0 bridgehead atoms. The summed E-state index contributed by atoms with van der Waals surface area (Å²) in [5.41, 5.74) is 12.2. The summed E-state index contributed by atoms with van der Waals surface area (Å²) in [5.74, 6) is 1.96. The number of para-hydroxylation sites is 3. The molecule has 0 aliphatic carbocycles. The van der Waals surface area contributed by atoms with Crippen molar-refractivity contribution in [2.75, 3.05) is 0 Å². The van der Waals surface area contributed by atoms with Crippen LogP contribution in [-0.2, 0) is 0 Å². The molecule has 0 amide bonds. The number of hydrogen-bond acceptors (Lipinski definition) is 4.